The number of nitrogens with one attached hydrogen (secondary N) is 1. The van der Waals surface area contributed by atoms with Gasteiger partial charge < -0.3 is 24.4 Å². The van der Waals surface area contributed by atoms with E-state index >= 15 is 0 Å². The van der Waals surface area contributed by atoms with Crippen LogP contribution in [0.5, 0.6) is 0 Å². The van der Waals surface area contributed by atoms with Crippen molar-refractivity contribution in [2.24, 2.45) is 4.99 Å². The normalized spacial score (nSPS) is 22.2. The molecular weight excluding hydrogens is 445 g/mol. The largest absolute Gasteiger partial charge is 0.382 e. The molecule has 1 atom stereocenters. The third-order valence-corrected chi connectivity index (χ3v) is 4.78. The molecule has 0 spiro atoms. The zero-order chi connectivity index (χ0) is 17.7. The summed E-state index contributed by atoms with van der Waals surface area (Å²) in [5, 5.41) is 3.42. The fourth-order valence-electron chi connectivity index (χ4n) is 3.34. The molecule has 0 aromatic heterocycles. The summed E-state index contributed by atoms with van der Waals surface area (Å²) in [6.07, 6.45) is 7.41. The number of hydrogen-bond acceptors (Lipinski definition) is 4. The van der Waals surface area contributed by atoms with Crippen LogP contribution in [0.15, 0.2) is 4.99 Å². The standard InChI is InChI=1S/C19H37N3O3.HI/c1-3-20-19(21-11-7-14-23-4-2)22-12-9-17(10-13-22)25-16-18-8-5-6-15-24-18;/h17-18H,3-16H2,1-2H3,(H,20,21);1H. The number of guanidine groups is 1. The minimum atomic E-state index is 0. The number of aliphatic imine (C=N–C) groups is 1. The van der Waals surface area contributed by atoms with Crippen LogP contribution in [0.25, 0.3) is 0 Å². The maximum Gasteiger partial charge on any atom is 0.193 e. The van der Waals surface area contributed by atoms with Crippen LogP contribution < -0.4 is 5.32 Å². The van der Waals surface area contributed by atoms with Crippen LogP contribution in [0.4, 0.5) is 0 Å². The highest BCUT2D eigenvalue weighted by Gasteiger charge is 2.23. The van der Waals surface area contributed by atoms with Crippen molar-refractivity contribution in [2.45, 2.75) is 64.6 Å². The van der Waals surface area contributed by atoms with Crippen LogP contribution in [0.3, 0.4) is 0 Å². The lowest BCUT2D eigenvalue weighted by Crippen LogP contribution is -2.47. The van der Waals surface area contributed by atoms with Gasteiger partial charge in [-0.15, -0.1) is 24.0 Å². The van der Waals surface area contributed by atoms with Gasteiger partial charge in [-0.05, 0) is 52.4 Å². The fraction of sp³-hybridized carbons (Fsp3) is 0.947. The molecule has 6 nitrogen and oxygen atoms in total. The monoisotopic (exact) mass is 483 g/mol. The predicted octanol–water partition coefficient (Wildman–Crippen LogP) is 3.05. The van der Waals surface area contributed by atoms with Gasteiger partial charge in [-0.1, -0.05) is 0 Å². The van der Waals surface area contributed by atoms with E-state index in [2.05, 4.69) is 17.1 Å². The SMILES string of the molecule is CCNC(=NCCCOCC)N1CCC(OCC2CCCCO2)CC1.I. The first-order valence-corrected chi connectivity index (χ1v) is 10.2. The van der Waals surface area contributed by atoms with E-state index in [1.165, 1.54) is 12.8 Å². The zero-order valence-corrected chi connectivity index (χ0v) is 18.9. The van der Waals surface area contributed by atoms with E-state index in [4.69, 9.17) is 19.2 Å². The van der Waals surface area contributed by atoms with Crippen LogP contribution >= 0.6 is 24.0 Å². The Hall–Kier alpha value is -0.120. The Morgan fingerprint density at radius 3 is 2.65 bits per heavy atom. The minimum Gasteiger partial charge on any atom is -0.382 e. The Kier molecular flexibility index (Phi) is 13.7. The topological polar surface area (TPSA) is 55.3 Å². The first-order valence-electron chi connectivity index (χ1n) is 10.2. The minimum absolute atomic E-state index is 0. The second-order valence-corrected chi connectivity index (χ2v) is 6.79. The van der Waals surface area contributed by atoms with E-state index in [-0.39, 0.29) is 24.0 Å². The summed E-state index contributed by atoms with van der Waals surface area (Å²) in [7, 11) is 0. The third kappa shape index (κ3) is 9.19. The summed E-state index contributed by atoms with van der Waals surface area (Å²) in [6.45, 7) is 11.1. The lowest BCUT2D eigenvalue weighted by atomic mass is 10.1. The van der Waals surface area contributed by atoms with Gasteiger partial charge in [-0.3, -0.25) is 4.99 Å². The first-order chi connectivity index (χ1) is 12.3. The Labute approximate surface area is 176 Å². The van der Waals surface area contributed by atoms with Crippen LogP contribution in [-0.2, 0) is 14.2 Å². The summed E-state index contributed by atoms with van der Waals surface area (Å²) in [5.41, 5.74) is 0. The number of hydrogen-bond donors (Lipinski definition) is 1. The predicted molar refractivity (Wildman–Crippen MR) is 117 cm³/mol. The van der Waals surface area contributed by atoms with Crippen LogP contribution in [0, 0.1) is 0 Å². The molecule has 0 aromatic rings. The Morgan fingerprint density at radius 1 is 1.19 bits per heavy atom. The molecule has 26 heavy (non-hydrogen) atoms. The van der Waals surface area contributed by atoms with Gasteiger partial charge in [0.25, 0.3) is 0 Å². The fourth-order valence-corrected chi connectivity index (χ4v) is 3.34. The van der Waals surface area contributed by atoms with E-state index in [1.54, 1.807) is 0 Å². The summed E-state index contributed by atoms with van der Waals surface area (Å²) >= 11 is 0. The van der Waals surface area contributed by atoms with E-state index in [9.17, 15) is 0 Å². The highest BCUT2D eigenvalue weighted by Crippen LogP contribution is 2.18. The first kappa shape index (κ1) is 23.9. The molecule has 0 aromatic carbocycles. The van der Waals surface area contributed by atoms with Gasteiger partial charge in [0, 0.05) is 46.0 Å². The number of nitrogens with zero attached hydrogens (tertiary/aromatic N) is 2. The molecule has 2 heterocycles. The van der Waals surface area contributed by atoms with Gasteiger partial charge in [0.15, 0.2) is 5.96 Å². The molecule has 2 fully saturated rings. The quantitative estimate of drug-likeness (QED) is 0.237. The van der Waals surface area contributed by atoms with Gasteiger partial charge in [0.2, 0.25) is 0 Å². The number of halogens is 1. The van der Waals surface area contributed by atoms with Crippen molar-refractivity contribution in [3.8, 4) is 0 Å². The number of likely N-dealkylation sites (tertiary alicyclic amines) is 1. The van der Waals surface area contributed by atoms with Gasteiger partial charge in [0.05, 0.1) is 18.8 Å². The van der Waals surface area contributed by atoms with Gasteiger partial charge in [0.1, 0.15) is 0 Å². The molecule has 0 radical (unpaired) electrons. The number of rotatable bonds is 9. The highest BCUT2D eigenvalue weighted by atomic mass is 127. The number of piperidine rings is 1. The van der Waals surface area contributed by atoms with Gasteiger partial charge in [-0.25, -0.2) is 0 Å². The van der Waals surface area contributed by atoms with E-state index in [0.29, 0.717) is 12.2 Å². The smallest absolute Gasteiger partial charge is 0.193 e. The van der Waals surface area contributed by atoms with E-state index in [1.807, 2.05) is 6.92 Å². The van der Waals surface area contributed by atoms with Crippen molar-refractivity contribution in [1.29, 1.82) is 0 Å². The molecule has 0 aliphatic carbocycles. The molecule has 1 unspecified atom stereocenters. The number of ether oxygens (including phenoxy) is 3. The molecule has 2 saturated heterocycles. The zero-order valence-electron chi connectivity index (χ0n) is 16.6. The average molecular weight is 483 g/mol. The molecule has 2 aliphatic rings. The van der Waals surface area contributed by atoms with Crippen molar-refractivity contribution in [3.63, 3.8) is 0 Å². The van der Waals surface area contributed by atoms with Crippen LogP contribution in [0.1, 0.15) is 52.4 Å². The van der Waals surface area contributed by atoms with Crippen LogP contribution in [0.2, 0.25) is 0 Å². The Balaban J connectivity index is 0.00000338. The summed E-state index contributed by atoms with van der Waals surface area (Å²) in [6, 6.07) is 0. The molecule has 0 amide bonds. The molecule has 2 aliphatic heterocycles. The molecule has 0 saturated carbocycles. The molecule has 1 N–H and O–H groups in total. The summed E-state index contributed by atoms with van der Waals surface area (Å²) < 4.78 is 17.2. The van der Waals surface area contributed by atoms with Crippen molar-refractivity contribution in [1.82, 2.24) is 10.2 Å². The lowest BCUT2D eigenvalue weighted by Gasteiger charge is -2.35. The summed E-state index contributed by atoms with van der Waals surface area (Å²) in [4.78, 5) is 7.11. The van der Waals surface area contributed by atoms with E-state index in [0.717, 1.165) is 84.2 Å². The maximum absolute atomic E-state index is 6.11. The lowest BCUT2D eigenvalue weighted by molar-refractivity contribution is -0.0721. The Morgan fingerprint density at radius 2 is 2.00 bits per heavy atom. The van der Waals surface area contributed by atoms with Crippen molar-refractivity contribution in [3.05, 3.63) is 0 Å². The molecule has 2 rings (SSSR count). The second-order valence-electron chi connectivity index (χ2n) is 6.79. The Bertz CT molecular complexity index is 371. The van der Waals surface area contributed by atoms with Crippen molar-refractivity contribution in [2.75, 3.05) is 52.6 Å². The highest BCUT2D eigenvalue weighted by molar-refractivity contribution is 14.0. The molecular formula is C19H38IN3O3. The van der Waals surface area contributed by atoms with Crippen molar-refractivity contribution >= 4 is 29.9 Å². The van der Waals surface area contributed by atoms with E-state index < -0.39 is 0 Å². The summed E-state index contributed by atoms with van der Waals surface area (Å²) in [5.74, 6) is 1.04. The molecule has 7 heteroatoms. The molecule has 0 bridgehead atoms. The maximum atomic E-state index is 6.11. The van der Waals surface area contributed by atoms with Crippen molar-refractivity contribution < 1.29 is 14.2 Å². The van der Waals surface area contributed by atoms with Crippen LogP contribution in [-0.4, -0.2) is 75.7 Å². The van der Waals surface area contributed by atoms with Gasteiger partial charge >= 0.3 is 0 Å². The van der Waals surface area contributed by atoms with Gasteiger partial charge in [-0.2, -0.15) is 0 Å². The second kappa shape index (κ2) is 14.9. The average Bonchev–Trinajstić information content (AvgIpc) is 2.67. The molecule has 154 valence electrons. The third-order valence-electron chi connectivity index (χ3n) is 4.78.